The Balaban J connectivity index is 2.93. The summed E-state index contributed by atoms with van der Waals surface area (Å²) in [7, 11) is 1.55. The summed E-state index contributed by atoms with van der Waals surface area (Å²) in [5, 5.41) is 16.4. The van der Waals surface area contributed by atoms with Crippen molar-refractivity contribution in [3.05, 3.63) is 28.3 Å². The van der Waals surface area contributed by atoms with Crippen LogP contribution in [0.15, 0.2) is 18.2 Å². The zero-order valence-corrected chi connectivity index (χ0v) is 11.8. The van der Waals surface area contributed by atoms with E-state index in [-0.39, 0.29) is 17.3 Å². The van der Waals surface area contributed by atoms with Crippen molar-refractivity contribution >= 4 is 17.3 Å². The Kier molecular flexibility index (Phi) is 5.76. The Bertz CT molecular complexity index is 491. The number of hydrogen-bond acceptors (Lipinski definition) is 5. The normalized spacial score (nSPS) is 11.6. The fraction of sp³-hybridized carbons (Fsp3) is 0.462. The van der Waals surface area contributed by atoms with Gasteiger partial charge in [0.25, 0.3) is 0 Å². The standard InChI is InChI=1S/C13H19N3O4/c1-4-7-20-12-8-10(5-6-11(12)16(18)19)15-9(2)13(17)14-3/h5-6,8-9,15H,4,7H2,1-3H3,(H,14,17). The van der Waals surface area contributed by atoms with Crippen molar-refractivity contribution in [2.45, 2.75) is 26.3 Å². The number of carbonyl (C=O) groups excluding carboxylic acids is 1. The molecule has 2 N–H and O–H groups in total. The second kappa shape index (κ2) is 7.32. The van der Waals surface area contributed by atoms with E-state index in [4.69, 9.17) is 4.74 Å². The molecule has 1 atom stereocenters. The minimum Gasteiger partial charge on any atom is -0.487 e. The SMILES string of the molecule is CCCOc1cc(NC(C)C(=O)NC)ccc1[N+](=O)[O-]. The molecule has 0 aromatic heterocycles. The van der Waals surface area contributed by atoms with Crippen molar-refractivity contribution in [1.29, 1.82) is 0 Å². The second-order valence-electron chi connectivity index (χ2n) is 4.27. The molecule has 0 bridgehead atoms. The number of benzene rings is 1. The highest BCUT2D eigenvalue weighted by atomic mass is 16.6. The van der Waals surface area contributed by atoms with E-state index in [9.17, 15) is 14.9 Å². The molecule has 0 aliphatic carbocycles. The number of anilines is 1. The first-order valence-electron chi connectivity index (χ1n) is 6.39. The van der Waals surface area contributed by atoms with E-state index in [2.05, 4.69) is 10.6 Å². The maximum atomic E-state index is 11.4. The van der Waals surface area contributed by atoms with Crippen molar-refractivity contribution in [1.82, 2.24) is 5.32 Å². The van der Waals surface area contributed by atoms with Gasteiger partial charge in [-0.15, -0.1) is 0 Å². The molecule has 0 aliphatic heterocycles. The first kappa shape index (κ1) is 15.7. The Morgan fingerprint density at radius 2 is 2.20 bits per heavy atom. The van der Waals surface area contributed by atoms with Crippen LogP contribution < -0.4 is 15.4 Å². The van der Waals surface area contributed by atoms with Crippen LogP contribution in [0.4, 0.5) is 11.4 Å². The van der Waals surface area contributed by atoms with Gasteiger partial charge in [-0.05, 0) is 19.4 Å². The van der Waals surface area contributed by atoms with E-state index in [1.54, 1.807) is 20.0 Å². The summed E-state index contributed by atoms with van der Waals surface area (Å²) in [4.78, 5) is 21.9. The number of nitro benzene ring substituents is 1. The van der Waals surface area contributed by atoms with Crippen LogP contribution in [0.25, 0.3) is 0 Å². The third kappa shape index (κ3) is 4.11. The Morgan fingerprint density at radius 3 is 2.75 bits per heavy atom. The minimum atomic E-state index is -0.489. The number of rotatable bonds is 7. The number of carbonyl (C=O) groups is 1. The Morgan fingerprint density at radius 1 is 1.50 bits per heavy atom. The van der Waals surface area contributed by atoms with Gasteiger partial charge < -0.3 is 15.4 Å². The maximum Gasteiger partial charge on any atom is 0.311 e. The van der Waals surface area contributed by atoms with Crippen LogP contribution in [-0.4, -0.2) is 30.5 Å². The third-order valence-electron chi connectivity index (χ3n) is 2.64. The zero-order valence-electron chi connectivity index (χ0n) is 11.8. The second-order valence-corrected chi connectivity index (χ2v) is 4.27. The van der Waals surface area contributed by atoms with Gasteiger partial charge in [0.1, 0.15) is 6.04 Å². The average Bonchev–Trinajstić information content (AvgIpc) is 2.43. The fourth-order valence-corrected chi connectivity index (χ4v) is 1.61. The molecule has 1 amide bonds. The number of nitro groups is 1. The molecule has 7 nitrogen and oxygen atoms in total. The summed E-state index contributed by atoms with van der Waals surface area (Å²) in [6.45, 7) is 4.02. The Hall–Kier alpha value is -2.31. The highest BCUT2D eigenvalue weighted by Gasteiger charge is 2.17. The van der Waals surface area contributed by atoms with Crippen LogP contribution in [0.5, 0.6) is 5.75 Å². The van der Waals surface area contributed by atoms with E-state index < -0.39 is 11.0 Å². The lowest BCUT2D eigenvalue weighted by molar-refractivity contribution is -0.385. The lowest BCUT2D eigenvalue weighted by Crippen LogP contribution is -2.35. The summed E-state index contributed by atoms with van der Waals surface area (Å²) >= 11 is 0. The van der Waals surface area contributed by atoms with Gasteiger partial charge in [0.05, 0.1) is 11.5 Å². The lowest BCUT2D eigenvalue weighted by atomic mass is 10.2. The average molecular weight is 281 g/mol. The number of likely N-dealkylation sites (N-methyl/N-ethyl adjacent to an activating group) is 1. The summed E-state index contributed by atoms with van der Waals surface area (Å²) in [6.07, 6.45) is 0.753. The first-order chi connectivity index (χ1) is 9.49. The van der Waals surface area contributed by atoms with Crippen LogP contribution in [0, 0.1) is 10.1 Å². The molecule has 1 rings (SSSR count). The summed E-state index contributed by atoms with van der Waals surface area (Å²) < 4.78 is 5.37. The van der Waals surface area contributed by atoms with Crippen LogP contribution in [-0.2, 0) is 4.79 Å². The van der Waals surface area contributed by atoms with Gasteiger partial charge in [0, 0.05) is 24.9 Å². The molecule has 0 radical (unpaired) electrons. The molecule has 0 saturated carbocycles. The van der Waals surface area contributed by atoms with Crippen LogP contribution in [0.2, 0.25) is 0 Å². The minimum absolute atomic E-state index is 0.0865. The predicted octanol–water partition coefficient (Wildman–Crippen LogP) is 1.93. The van der Waals surface area contributed by atoms with Crippen LogP contribution in [0.3, 0.4) is 0 Å². The van der Waals surface area contributed by atoms with E-state index in [1.165, 1.54) is 12.1 Å². The van der Waals surface area contributed by atoms with Crippen molar-refractivity contribution in [2.24, 2.45) is 0 Å². The van der Waals surface area contributed by atoms with Crippen LogP contribution >= 0.6 is 0 Å². The highest BCUT2D eigenvalue weighted by molar-refractivity contribution is 5.84. The van der Waals surface area contributed by atoms with Crippen molar-refractivity contribution < 1.29 is 14.5 Å². The highest BCUT2D eigenvalue weighted by Crippen LogP contribution is 2.30. The molecule has 0 aliphatic rings. The molecule has 0 spiro atoms. The molecule has 1 aromatic rings. The number of nitrogens with one attached hydrogen (secondary N) is 2. The van der Waals surface area contributed by atoms with Crippen molar-refractivity contribution in [3.8, 4) is 5.75 Å². The third-order valence-corrected chi connectivity index (χ3v) is 2.64. The monoisotopic (exact) mass is 281 g/mol. The molecule has 0 heterocycles. The molecular weight excluding hydrogens is 262 g/mol. The van der Waals surface area contributed by atoms with Crippen molar-refractivity contribution in [2.75, 3.05) is 19.0 Å². The molecule has 1 aromatic carbocycles. The van der Waals surface area contributed by atoms with E-state index >= 15 is 0 Å². The number of ether oxygens (including phenoxy) is 1. The molecule has 0 saturated heterocycles. The smallest absolute Gasteiger partial charge is 0.311 e. The van der Waals surface area contributed by atoms with E-state index in [0.29, 0.717) is 12.3 Å². The number of hydrogen-bond donors (Lipinski definition) is 2. The zero-order chi connectivity index (χ0) is 15.1. The molecule has 110 valence electrons. The predicted molar refractivity (Wildman–Crippen MR) is 76.0 cm³/mol. The lowest BCUT2D eigenvalue weighted by Gasteiger charge is -2.14. The van der Waals surface area contributed by atoms with E-state index in [1.807, 2.05) is 6.92 Å². The molecule has 7 heteroatoms. The van der Waals surface area contributed by atoms with Crippen molar-refractivity contribution in [3.63, 3.8) is 0 Å². The molecule has 1 unspecified atom stereocenters. The van der Waals surface area contributed by atoms with E-state index in [0.717, 1.165) is 6.42 Å². The van der Waals surface area contributed by atoms with Crippen LogP contribution in [0.1, 0.15) is 20.3 Å². The first-order valence-corrected chi connectivity index (χ1v) is 6.39. The summed E-state index contributed by atoms with van der Waals surface area (Å²) in [6, 6.07) is 4.01. The number of nitrogens with zero attached hydrogens (tertiary/aromatic N) is 1. The molecule has 0 fully saturated rings. The quantitative estimate of drug-likeness (QED) is 0.588. The summed E-state index contributed by atoms with van der Waals surface area (Å²) in [5.74, 6) is 0.0327. The summed E-state index contributed by atoms with van der Waals surface area (Å²) in [5.41, 5.74) is 0.509. The van der Waals surface area contributed by atoms with Gasteiger partial charge >= 0.3 is 5.69 Å². The maximum absolute atomic E-state index is 11.4. The van der Waals surface area contributed by atoms with Gasteiger partial charge in [-0.1, -0.05) is 6.92 Å². The van der Waals surface area contributed by atoms with Gasteiger partial charge in [-0.3, -0.25) is 14.9 Å². The fourth-order valence-electron chi connectivity index (χ4n) is 1.61. The van der Waals surface area contributed by atoms with Gasteiger partial charge in [-0.25, -0.2) is 0 Å². The largest absolute Gasteiger partial charge is 0.487 e. The van der Waals surface area contributed by atoms with Gasteiger partial charge in [0.15, 0.2) is 5.75 Å². The Labute approximate surface area is 117 Å². The molecule has 20 heavy (non-hydrogen) atoms. The number of amides is 1. The topological polar surface area (TPSA) is 93.5 Å². The van der Waals surface area contributed by atoms with Gasteiger partial charge in [-0.2, -0.15) is 0 Å². The molecular formula is C13H19N3O4. The van der Waals surface area contributed by atoms with Gasteiger partial charge in [0.2, 0.25) is 5.91 Å².